The van der Waals surface area contributed by atoms with E-state index in [-0.39, 0.29) is 29.9 Å². The van der Waals surface area contributed by atoms with Gasteiger partial charge in [-0.25, -0.2) is 4.79 Å². The van der Waals surface area contributed by atoms with Crippen LogP contribution in [0.3, 0.4) is 0 Å². The number of amides is 1. The smallest absolute Gasteiger partial charge is 0.326 e. The molecule has 1 unspecified atom stereocenters. The molecule has 5 nitrogen and oxygen atoms in total. The third-order valence-electron chi connectivity index (χ3n) is 2.98. The van der Waals surface area contributed by atoms with E-state index in [0.29, 0.717) is 6.42 Å². The molecule has 0 heterocycles. The van der Waals surface area contributed by atoms with Gasteiger partial charge in [0.1, 0.15) is 11.8 Å². The zero-order chi connectivity index (χ0) is 16.1. The second-order valence-corrected chi connectivity index (χ2v) is 7.23. The summed E-state index contributed by atoms with van der Waals surface area (Å²) in [5.41, 5.74) is -0.679. The lowest BCUT2D eigenvalue weighted by Gasteiger charge is -2.32. The molecule has 5 heteroatoms. The summed E-state index contributed by atoms with van der Waals surface area (Å²) >= 11 is 0. The molecule has 0 aliphatic rings. The Morgan fingerprint density at radius 1 is 1.10 bits per heavy atom. The number of hydrogen-bond acceptors (Lipinski definition) is 3. The molecule has 0 aromatic heterocycles. The first-order valence-electron chi connectivity index (χ1n) is 6.88. The normalized spacial score (nSPS) is 13.7. The zero-order valence-corrected chi connectivity index (χ0v) is 13.4. The lowest BCUT2D eigenvalue weighted by atomic mass is 9.75. The number of aliphatic carboxylic acids is 1. The fourth-order valence-corrected chi connectivity index (χ4v) is 2.36. The molecule has 0 spiro atoms. The highest BCUT2D eigenvalue weighted by molar-refractivity contribution is 5.87. The fourth-order valence-electron chi connectivity index (χ4n) is 2.36. The lowest BCUT2D eigenvalue weighted by molar-refractivity contribution is -0.144. The summed E-state index contributed by atoms with van der Waals surface area (Å²) in [5.74, 6) is -1.48. The van der Waals surface area contributed by atoms with Crippen LogP contribution < -0.4 is 5.32 Å². The van der Waals surface area contributed by atoms with Crippen molar-refractivity contribution in [1.82, 2.24) is 5.32 Å². The van der Waals surface area contributed by atoms with Gasteiger partial charge in [-0.1, -0.05) is 34.6 Å². The number of carboxylic acid groups (broad SMARTS) is 1. The summed E-state index contributed by atoms with van der Waals surface area (Å²) in [4.78, 5) is 34.3. The molecule has 0 rings (SSSR count). The molecule has 0 bridgehead atoms. The van der Waals surface area contributed by atoms with E-state index in [0.717, 1.165) is 0 Å². The van der Waals surface area contributed by atoms with Gasteiger partial charge in [0.05, 0.1) is 0 Å². The van der Waals surface area contributed by atoms with Crippen molar-refractivity contribution in [1.29, 1.82) is 0 Å². The Morgan fingerprint density at radius 2 is 1.60 bits per heavy atom. The molecule has 0 saturated carbocycles. The van der Waals surface area contributed by atoms with Gasteiger partial charge in [-0.05, 0) is 25.2 Å². The van der Waals surface area contributed by atoms with Crippen molar-refractivity contribution >= 4 is 17.7 Å². The largest absolute Gasteiger partial charge is 0.480 e. The Balaban J connectivity index is 4.74. The van der Waals surface area contributed by atoms with E-state index in [1.54, 1.807) is 13.8 Å². The summed E-state index contributed by atoms with van der Waals surface area (Å²) in [6.07, 6.45) is 0.920. The quantitative estimate of drug-likeness (QED) is 0.752. The minimum Gasteiger partial charge on any atom is -0.480 e. The lowest BCUT2D eigenvalue weighted by Crippen LogP contribution is -2.47. The van der Waals surface area contributed by atoms with E-state index < -0.39 is 17.4 Å². The summed E-state index contributed by atoms with van der Waals surface area (Å²) in [6.45, 7) is 11.1. The highest BCUT2D eigenvalue weighted by Gasteiger charge is 2.34. The maximum Gasteiger partial charge on any atom is 0.326 e. The van der Waals surface area contributed by atoms with Crippen LogP contribution in [0.4, 0.5) is 0 Å². The maximum atomic E-state index is 12.2. The van der Waals surface area contributed by atoms with Crippen LogP contribution in [-0.2, 0) is 14.4 Å². The van der Waals surface area contributed by atoms with Crippen molar-refractivity contribution in [3.8, 4) is 0 Å². The number of carbonyl (C=O) groups excluding carboxylic acids is 2. The summed E-state index contributed by atoms with van der Waals surface area (Å²) < 4.78 is 0. The molecule has 0 aromatic carbocycles. The second-order valence-electron chi connectivity index (χ2n) is 7.23. The molecule has 1 atom stereocenters. The average Bonchev–Trinajstić information content (AvgIpc) is 2.19. The Labute approximate surface area is 121 Å². The predicted octanol–water partition coefficient (Wildman–Crippen LogP) is 2.39. The first-order valence-corrected chi connectivity index (χ1v) is 6.88. The summed E-state index contributed by atoms with van der Waals surface area (Å²) in [5, 5.41) is 11.7. The Hall–Kier alpha value is -1.39. The first kappa shape index (κ1) is 18.6. The van der Waals surface area contributed by atoms with Crippen molar-refractivity contribution in [3.63, 3.8) is 0 Å². The fraction of sp³-hybridized carbons (Fsp3) is 0.800. The van der Waals surface area contributed by atoms with Crippen LogP contribution in [0, 0.1) is 10.8 Å². The molecule has 1 amide bonds. The second kappa shape index (κ2) is 6.86. The summed E-state index contributed by atoms with van der Waals surface area (Å²) in [7, 11) is 0. The van der Waals surface area contributed by atoms with Crippen LogP contribution in [0.5, 0.6) is 0 Å². The number of ketones is 1. The molecule has 116 valence electrons. The molecule has 0 radical (unpaired) electrons. The molecule has 0 aromatic rings. The third kappa shape index (κ3) is 7.26. The highest BCUT2D eigenvalue weighted by Crippen LogP contribution is 2.33. The van der Waals surface area contributed by atoms with Crippen LogP contribution in [0.15, 0.2) is 0 Å². The zero-order valence-electron chi connectivity index (χ0n) is 13.4. The molecule has 0 aliphatic carbocycles. The van der Waals surface area contributed by atoms with Crippen molar-refractivity contribution in [2.45, 2.75) is 66.8 Å². The van der Waals surface area contributed by atoms with Gasteiger partial charge in [0.15, 0.2) is 0 Å². The van der Waals surface area contributed by atoms with E-state index in [4.69, 9.17) is 5.11 Å². The van der Waals surface area contributed by atoms with Gasteiger partial charge >= 0.3 is 5.97 Å². The number of nitrogens with one attached hydrogen (secondary N) is 1. The van der Waals surface area contributed by atoms with Crippen LogP contribution >= 0.6 is 0 Å². The van der Waals surface area contributed by atoms with Gasteiger partial charge in [-0.2, -0.15) is 0 Å². The minimum absolute atomic E-state index is 0.0288. The average molecular weight is 285 g/mol. The number of hydrogen-bond donors (Lipinski definition) is 2. The van der Waals surface area contributed by atoms with Crippen molar-refractivity contribution in [2.24, 2.45) is 10.8 Å². The molecular weight excluding hydrogens is 258 g/mol. The van der Waals surface area contributed by atoms with Crippen LogP contribution in [-0.4, -0.2) is 28.8 Å². The van der Waals surface area contributed by atoms with Crippen molar-refractivity contribution in [2.75, 3.05) is 0 Å². The Morgan fingerprint density at radius 3 is 1.95 bits per heavy atom. The van der Waals surface area contributed by atoms with Gasteiger partial charge in [-0.15, -0.1) is 0 Å². The molecule has 0 fully saturated rings. The third-order valence-corrected chi connectivity index (χ3v) is 2.98. The molecule has 0 saturated heterocycles. The van der Waals surface area contributed by atoms with Crippen molar-refractivity contribution in [3.05, 3.63) is 0 Å². The Bertz CT molecular complexity index is 380. The van der Waals surface area contributed by atoms with Gasteiger partial charge in [0.2, 0.25) is 5.91 Å². The summed E-state index contributed by atoms with van der Waals surface area (Å²) in [6, 6.07) is -1.01. The van der Waals surface area contributed by atoms with Gasteiger partial charge < -0.3 is 15.2 Å². The highest BCUT2D eigenvalue weighted by atomic mass is 16.4. The number of carboxylic acids is 1. The van der Waals surface area contributed by atoms with E-state index in [9.17, 15) is 14.4 Å². The molecular formula is C15H27NO4. The topological polar surface area (TPSA) is 83.5 Å². The van der Waals surface area contributed by atoms with Crippen LogP contribution in [0.1, 0.15) is 60.8 Å². The van der Waals surface area contributed by atoms with Gasteiger partial charge in [0, 0.05) is 11.8 Å². The predicted molar refractivity (Wildman–Crippen MR) is 77.3 cm³/mol. The first-order chi connectivity index (χ1) is 8.85. The standard InChI is InChI=1S/C15H27NO4/c1-10(17)7-8-11(12(18)19)16-13(20)15(5,6)9-14(2,3)4/h11H,7-9H2,1-6H3,(H,16,20)(H,18,19). The van der Waals surface area contributed by atoms with Crippen LogP contribution in [0.2, 0.25) is 0 Å². The van der Waals surface area contributed by atoms with E-state index in [1.807, 2.05) is 20.8 Å². The maximum absolute atomic E-state index is 12.2. The minimum atomic E-state index is -1.11. The van der Waals surface area contributed by atoms with Gasteiger partial charge in [0.25, 0.3) is 0 Å². The van der Waals surface area contributed by atoms with E-state index in [2.05, 4.69) is 5.32 Å². The van der Waals surface area contributed by atoms with Crippen LogP contribution in [0.25, 0.3) is 0 Å². The molecule has 2 N–H and O–H groups in total. The number of rotatable bonds is 7. The number of carbonyl (C=O) groups is 3. The van der Waals surface area contributed by atoms with Gasteiger partial charge in [-0.3, -0.25) is 4.79 Å². The molecule has 0 aliphatic heterocycles. The molecule has 20 heavy (non-hydrogen) atoms. The van der Waals surface area contributed by atoms with E-state index in [1.165, 1.54) is 6.92 Å². The van der Waals surface area contributed by atoms with E-state index >= 15 is 0 Å². The SMILES string of the molecule is CC(=O)CCC(NC(=O)C(C)(C)CC(C)(C)C)C(=O)O. The van der Waals surface area contributed by atoms with Crippen molar-refractivity contribution < 1.29 is 19.5 Å². The number of Topliss-reactive ketones (excluding diaryl/α,β-unsaturated/α-hetero) is 1. The Kier molecular flexibility index (Phi) is 6.38. The monoisotopic (exact) mass is 285 g/mol.